The van der Waals surface area contributed by atoms with Gasteiger partial charge in [0.15, 0.2) is 9.84 Å². The zero-order chi connectivity index (χ0) is 34.3. The Bertz CT molecular complexity index is 1650. The van der Waals surface area contributed by atoms with Gasteiger partial charge in [0, 0.05) is 37.6 Å². The molecule has 258 valence electrons. The van der Waals surface area contributed by atoms with Crippen LogP contribution in [-0.2, 0) is 52.1 Å². The van der Waals surface area contributed by atoms with Crippen LogP contribution in [0.1, 0.15) is 55.4 Å². The highest BCUT2D eigenvalue weighted by Crippen LogP contribution is 2.23. The first-order valence-corrected chi connectivity index (χ1v) is 18.6. The predicted octanol–water partition coefficient (Wildman–Crippen LogP) is 4.08. The van der Waals surface area contributed by atoms with Gasteiger partial charge < -0.3 is 29.7 Å². The molecular weight excluding hydrogens is 649 g/mol. The Labute approximate surface area is 277 Å². The SMILES string of the molecule is CC(=O)OCc1cc([C@@H](O)CNCCCCCCOCCOCc2cccc(NS(=O)(=O)c3ccc(S(C)(=O)=O)cc3)c2)ccc1O. The molecule has 0 aliphatic carbocycles. The van der Waals surface area contributed by atoms with Crippen molar-refractivity contribution in [1.29, 1.82) is 0 Å². The molecule has 1 atom stereocenters. The molecule has 4 N–H and O–H groups in total. The fourth-order valence-corrected chi connectivity index (χ4v) is 6.17. The van der Waals surface area contributed by atoms with Crippen LogP contribution >= 0.6 is 0 Å². The third-order valence-electron chi connectivity index (χ3n) is 7.03. The largest absolute Gasteiger partial charge is 0.508 e. The van der Waals surface area contributed by atoms with Gasteiger partial charge in [-0.3, -0.25) is 9.52 Å². The molecule has 3 aromatic carbocycles. The third-order valence-corrected chi connectivity index (χ3v) is 9.56. The van der Waals surface area contributed by atoms with Crippen LogP contribution in [0.2, 0.25) is 0 Å². The first-order valence-electron chi connectivity index (χ1n) is 15.3. The quantitative estimate of drug-likeness (QED) is 0.0935. The van der Waals surface area contributed by atoms with Crippen molar-refractivity contribution >= 4 is 31.5 Å². The fraction of sp³-hybridized carbons (Fsp3) is 0.424. The molecule has 0 fully saturated rings. The van der Waals surface area contributed by atoms with Gasteiger partial charge in [-0.15, -0.1) is 0 Å². The van der Waals surface area contributed by atoms with Gasteiger partial charge in [-0.25, -0.2) is 16.8 Å². The number of anilines is 1. The number of phenolic OH excluding ortho intramolecular Hbond substituents is 1. The van der Waals surface area contributed by atoms with Gasteiger partial charge in [0.1, 0.15) is 12.4 Å². The zero-order valence-electron chi connectivity index (χ0n) is 26.7. The van der Waals surface area contributed by atoms with Crippen LogP contribution in [0.3, 0.4) is 0 Å². The highest BCUT2D eigenvalue weighted by Gasteiger charge is 2.16. The number of hydrogen-bond donors (Lipinski definition) is 4. The highest BCUT2D eigenvalue weighted by molar-refractivity contribution is 7.92. The van der Waals surface area contributed by atoms with E-state index in [0.29, 0.717) is 43.2 Å². The number of ether oxygens (including phenoxy) is 3. The van der Waals surface area contributed by atoms with Crippen molar-refractivity contribution in [3.05, 3.63) is 83.4 Å². The van der Waals surface area contributed by atoms with E-state index in [1.807, 2.05) is 6.07 Å². The van der Waals surface area contributed by atoms with Gasteiger partial charge >= 0.3 is 5.97 Å². The summed E-state index contributed by atoms with van der Waals surface area (Å²) in [6.07, 6.45) is 4.20. The molecule has 12 nitrogen and oxygen atoms in total. The molecule has 0 aliphatic heterocycles. The maximum atomic E-state index is 12.7. The van der Waals surface area contributed by atoms with Crippen LogP contribution in [0.5, 0.6) is 5.75 Å². The minimum Gasteiger partial charge on any atom is -0.508 e. The second kappa shape index (κ2) is 18.7. The molecule has 0 amide bonds. The number of aliphatic hydroxyl groups excluding tert-OH is 1. The lowest BCUT2D eigenvalue weighted by Crippen LogP contribution is -2.22. The molecule has 0 aromatic heterocycles. The molecule has 0 spiro atoms. The Kier molecular flexibility index (Phi) is 15.1. The number of aromatic hydroxyl groups is 1. The number of nitrogens with one attached hydrogen (secondary N) is 2. The Morgan fingerprint density at radius 3 is 2.26 bits per heavy atom. The highest BCUT2D eigenvalue weighted by atomic mass is 32.2. The first kappa shape index (κ1) is 37.9. The second-order valence-electron chi connectivity index (χ2n) is 11.0. The van der Waals surface area contributed by atoms with E-state index in [0.717, 1.165) is 44.0 Å². The molecule has 0 bridgehead atoms. The molecule has 0 heterocycles. The number of hydrogen-bond acceptors (Lipinski definition) is 11. The van der Waals surface area contributed by atoms with E-state index in [1.54, 1.807) is 30.3 Å². The smallest absolute Gasteiger partial charge is 0.302 e. The number of sulfonamides is 1. The monoisotopic (exact) mass is 692 g/mol. The summed E-state index contributed by atoms with van der Waals surface area (Å²) in [5.74, 6) is -0.430. The summed E-state index contributed by atoms with van der Waals surface area (Å²) in [6, 6.07) is 16.6. The maximum Gasteiger partial charge on any atom is 0.302 e. The first-order chi connectivity index (χ1) is 22.3. The van der Waals surface area contributed by atoms with E-state index in [1.165, 1.54) is 37.3 Å². The van der Waals surface area contributed by atoms with Crippen LogP contribution in [0.15, 0.2) is 76.5 Å². The summed E-state index contributed by atoms with van der Waals surface area (Å²) >= 11 is 0. The second-order valence-corrected chi connectivity index (χ2v) is 14.7. The number of rotatable bonds is 21. The standard InChI is InChI=1S/C33H44N2O10S2/c1-25(36)45-24-28-21-27(10-15-32(28)37)33(38)22-34-16-5-3-4-6-17-43-18-19-44-23-26-8-7-9-29(20-26)35-47(41,42)31-13-11-30(12-14-31)46(2,39)40/h7-15,20-21,33-35,37-38H,3-6,16-19,22-24H2,1-2H3/t33-/m0/s1. The summed E-state index contributed by atoms with van der Waals surface area (Å²) in [7, 11) is -7.32. The van der Waals surface area contributed by atoms with Crippen LogP contribution in [0, 0.1) is 0 Å². The molecule has 0 unspecified atom stereocenters. The van der Waals surface area contributed by atoms with E-state index >= 15 is 0 Å². The molecule has 0 aliphatic rings. The summed E-state index contributed by atoms with van der Waals surface area (Å²) < 4.78 is 67.5. The molecule has 3 aromatic rings. The number of benzene rings is 3. The Morgan fingerprint density at radius 1 is 0.830 bits per heavy atom. The minimum absolute atomic E-state index is 0.0130. The van der Waals surface area contributed by atoms with E-state index in [9.17, 15) is 31.8 Å². The molecule has 0 radical (unpaired) electrons. The summed E-state index contributed by atoms with van der Waals surface area (Å²) in [5, 5.41) is 23.6. The lowest BCUT2D eigenvalue weighted by molar-refractivity contribution is -0.142. The third kappa shape index (κ3) is 13.6. The van der Waals surface area contributed by atoms with Gasteiger partial charge in [-0.05, 0) is 79.0 Å². The number of sulfone groups is 1. The minimum atomic E-state index is -3.90. The van der Waals surface area contributed by atoms with E-state index in [4.69, 9.17) is 14.2 Å². The molecule has 14 heteroatoms. The van der Waals surface area contributed by atoms with Crippen molar-refractivity contribution in [1.82, 2.24) is 5.32 Å². The van der Waals surface area contributed by atoms with Gasteiger partial charge in [0.05, 0.1) is 35.7 Å². The number of unbranched alkanes of at least 4 members (excludes halogenated alkanes) is 3. The number of esters is 1. The van der Waals surface area contributed by atoms with Crippen molar-refractivity contribution in [3.63, 3.8) is 0 Å². The van der Waals surface area contributed by atoms with Crippen LogP contribution in [0.25, 0.3) is 0 Å². The Hall–Kier alpha value is -3.53. The maximum absolute atomic E-state index is 12.7. The van der Waals surface area contributed by atoms with Crippen molar-refractivity contribution < 1.29 is 46.1 Å². The number of carbonyl (C=O) groups is 1. The van der Waals surface area contributed by atoms with Crippen LogP contribution in [0.4, 0.5) is 5.69 Å². The average molecular weight is 693 g/mol. The lowest BCUT2D eigenvalue weighted by Gasteiger charge is -2.14. The molecule has 47 heavy (non-hydrogen) atoms. The van der Waals surface area contributed by atoms with Gasteiger partial charge in [-0.2, -0.15) is 0 Å². The van der Waals surface area contributed by atoms with Gasteiger partial charge in [0.2, 0.25) is 0 Å². The zero-order valence-corrected chi connectivity index (χ0v) is 28.3. The fourth-order valence-electron chi connectivity index (χ4n) is 4.49. The number of phenols is 1. The van der Waals surface area contributed by atoms with Gasteiger partial charge in [0.25, 0.3) is 10.0 Å². The van der Waals surface area contributed by atoms with E-state index in [-0.39, 0.29) is 28.8 Å². The topological polar surface area (TPSA) is 178 Å². The van der Waals surface area contributed by atoms with Crippen LogP contribution in [-0.4, -0.2) is 72.2 Å². The van der Waals surface area contributed by atoms with Crippen molar-refractivity contribution in [3.8, 4) is 5.75 Å². The molecule has 3 rings (SSSR count). The Morgan fingerprint density at radius 2 is 1.53 bits per heavy atom. The molecule has 0 saturated heterocycles. The lowest BCUT2D eigenvalue weighted by atomic mass is 10.1. The Balaban J connectivity index is 1.23. The van der Waals surface area contributed by atoms with Crippen molar-refractivity contribution in [2.45, 2.75) is 61.7 Å². The summed E-state index contributed by atoms with van der Waals surface area (Å²) in [5.41, 5.74) is 2.22. The normalized spacial score (nSPS) is 12.5. The number of carbonyl (C=O) groups excluding carboxylic acids is 1. The predicted molar refractivity (Wildman–Crippen MR) is 177 cm³/mol. The average Bonchev–Trinajstić information content (AvgIpc) is 3.02. The van der Waals surface area contributed by atoms with E-state index in [2.05, 4.69) is 10.0 Å². The summed E-state index contributed by atoms with van der Waals surface area (Å²) in [6.45, 7) is 4.10. The van der Waals surface area contributed by atoms with E-state index < -0.39 is 31.9 Å². The van der Waals surface area contributed by atoms with Crippen molar-refractivity contribution in [2.24, 2.45) is 0 Å². The number of aliphatic hydroxyl groups is 1. The van der Waals surface area contributed by atoms with Crippen LogP contribution < -0.4 is 10.0 Å². The molecular formula is C33H44N2O10S2. The molecule has 0 saturated carbocycles. The van der Waals surface area contributed by atoms with Gasteiger partial charge in [-0.1, -0.05) is 31.0 Å². The summed E-state index contributed by atoms with van der Waals surface area (Å²) in [4.78, 5) is 11.0. The van der Waals surface area contributed by atoms with Crippen molar-refractivity contribution in [2.75, 3.05) is 43.9 Å².